The zero-order valence-corrected chi connectivity index (χ0v) is 22.4. The second-order valence-corrected chi connectivity index (χ2v) is 11.2. The number of nitrogens with zero attached hydrogens (tertiary/aromatic N) is 4. The number of nitrogens with one attached hydrogen (secondary N) is 2. The molecule has 2 aromatic carbocycles. The van der Waals surface area contributed by atoms with Crippen LogP contribution in [0.15, 0.2) is 42.6 Å². The summed E-state index contributed by atoms with van der Waals surface area (Å²) in [5.41, 5.74) is 4.04. The molecule has 0 spiro atoms. The normalized spacial score (nSPS) is 13.9. The van der Waals surface area contributed by atoms with Crippen LogP contribution in [0.5, 0.6) is 5.75 Å². The third-order valence-corrected chi connectivity index (χ3v) is 7.67. The quantitative estimate of drug-likeness (QED) is 0.403. The number of sulfonamides is 1. The molecule has 1 saturated heterocycles. The predicted octanol–water partition coefficient (Wildman–Crippen LogP) is 5.32. The maximum atomic E-state index is 12.1. The average molecular weight is 531 g/mol. The third kappa shape index (κ3) is 5.76. The van der Waals surface area contributed by atoms with Gasteiger partial charge in [0, 0.05) is 31.9 Å². The van der Waals surface area contributed by atoms with E-state index in [1.165, 1.54) is 42.5 Å². The summed E-state index contributed by atoms with van der Waals surface area (Å²) in [4.78, 5) is 11.3. The van der Waals surface area contributed by atoms with Gasteiger partial charge in [-0.15, -0.1) is 0 Å². The van der Waals surface area contributed by atoms with Crippen molar-refractivity contribution in [3.8, 4) is 5.75 Å². The number of hydrogen-bond acceptors (Lipinski definition) is 8. The summed E-state index contributed by atoms with van der Waals surface area (Å²) >= 11 is 6.38. The number of halogens is 1. The van der Waals surface area contributed by atoms with Gasteiger partial charge in [0.05, 0.1) is 36.6 Å². The van der Waals surface area contributed by atoms with E-state index < -0.39 is 10.0 Å². The van der Waals surface area contributed by atoms with Crippen molar-refractivity contribution in [1.82, 2.24) is 9.97 Å². The zero-order valence-electron chi connectivity index (χ0n) is 20.9. The molecule has 0 radical (unpaired) electrons. The minimum Gasteiger partial charge on any atom is -0.494 e. The monoisotopic (exact) mass is 530 g/mol. The molecule has 36 heavy (non-hydrogen) atoms. The molecule has 1 aromatic heterocycles. The summed E-state index contributed by atoms with van der Waals surface area (Å²) in [5, 5.41) is 6.68. The van der Waals surface area contributed by atoms with Gasteiger partial charge in [0.15, 0.2) is 5.82 Å². The van der Waals surface area contributed by atoms with Gasteiger partial charge in [0.2, 0.25) is 16.0 Å². The van der Waals surface area contributed by atoms with Crippen LogP contribution in [-0.2, 0) is 10.0 Å². The summed E-state index contributed by atoms with van der Waals surface area (Å²) in [7, 11) is -0.323. The van der Waals surface area contributed by atoms with Crippen LogP contribution in [0.3, 0.4) is 0 Å². The summed E-state index contributed by atoms with van der Waals surface area (Å²) in [6.07, 6.45) is 6.29. The van der Waals surface area contributed by atoms with Crippen LogP contribution in [0.1, 0.15) is 24.8 Å². The number of methoxy groups -OCH3 is 1. The topological polar surface area (TPSA) is 99.7 Å². The van der Waals surface area contributed by atoms with Crippen molar-refractivity contribution in [2.45, 2.75) is 26.2 Å². The molecule has 3 aromatic rings. The molecule has 0 saturated carbocycles. The van der Waals surface area contributed by atoms with E-state index in [-0.39, 0.29) is 0 Å². The molecule has 0 atom stereocenters. The summed E-state index contributed by atoms with van der Waals surface area (Å²) < 4.78 is 31.1. The lowest BCUT2D eigenvalue weighted by Crippen LogP contribution is -2.30. The van der Waals surface area contributed by atoms with Gasteiger partial charge >= 0.3 is 0 Å². The first-order chi connectivity index (χ1) is 17.2. The highest BCUT2D eigenvalue weighted by molar-refractivity contribution is 7.92. The van der Waals surface area contributed by atoms with Gasteiger partial charge in [-0.25, -0.2) is 13.4 Å². The second kappa shape index (κ2) is 10.8. The highest BCUT2D eigenvalue weighted by atomic mass is 35.5. The largest absolute Gasteiger partial charge is 0.494 e. The van der Waals surface area contributed by atoms with Crippen molar-refractivity contribution >= 4 is 56.1 Å². The Kier molecular flexibility index (Phi) is 7.75. The molecule has 0 unspecified atom stereocenters. The Bertz CT molecular complexity index is 1350. The number of rotatable bonds is 8. The van der Waals surface area contributed by atoms with Crippen LogP contribution >= 0.6 is 11.6 Å². The van der Waals surface area contributed by atoms with E-state index in [0.717, 1.165) is 30.6 Å². The Morgan fingerprint density at radius 3 is 2.50 bits per heavy atom. The molecule has 9 nitrogen and oxygen atoms in total. The van der Waals surface area contributed by atoms with E-state index >= 15 is 0 Å². The lowest BCUT2D eigenvalue weighted by molar-refractivity contribution is 0.416. The van der Waals surface area contributed by atoms with Gasteiger partial charge in [-0.1, -0.05) is 23.7 Å². The Hall–Kier alpha value is -3.24. The third-order valence-electron chi connectivity index (χ3n) is 6.20. The van der Waals surface area contributed by atoms with Crippen molar-refractivity contribution in [3.63, 3.8) is 0 Å². The van der Waals surface area contributed by atoms with Gasteiger partial charge in [0.25, 0.3) is 0 Å². The van der Waals surface area contributed by atoms with E-state index in [2.05, 4.69) is 38.5 Å². The van der Waals surface area contributed by atoms with Gasteiger partial charge in [-0.2, -0.15) is 4.98 Å². The second-order valence-electron chi connectivity index (χ2n) is 8.77. The molecular weight excluding hydrogens is 500 g/mol. The fourth-order valence-electron chi connectivity index (χ4n) is 4.22. The fourth-order valence-corrected chi connectivity index (χ4v) is 4.87. The SMILES string of the molecule is COc1cc(N2CCCCC2)c(C)cc1Nc1ncc(Cl)c(Nc2ccccc2N(C)S(C)(=O)=O)n1. The molecule has 0 amide bonds. The first-order valence-electron chi connectivity index (χ1n) is 11.7. The number of aryl methyl sites for hydroxylation is 1. The van der Waals surface area contributed by atoms with Gasteiger partial charge < -0.3 is 20.3 Å². The Balaban J connectivity index is 1.62. The molecule has 11 heteroatoms. The van der Waals surface area contributed by atoms with E-state index in [4.69, 9.17) is 16.3 Å². The molecule has 192 valence electrons. The van der Waals surface area contributed by atoms with Crippen LogP contribution in [0.4, 0.5) is 34.5 Å². The molecule has 2 heterocycles. The maximum Gasteiger partial charge on any atom is 0.232 e. The molecule has 0 aliphatic carbocycles. The van der Waals surface area contributed by atoms with Crippen LogP contribution in [0.25, 0.3) is 0 Å². The number of hydrogen-bond donors (Lipinski definition) is 2. The summed E-state index contributed by atoms with van der Waals surface area (Å²) in [5.74, 6) is 1.35. The molecular formula is C25H31ClN6O3S. The lowest BCUT2D eigenvalue weighted by Gasteiger charge is -2.31. The standard InChI is InChI=1S/C25H31ClN6O3S/c1-17-14-20(23(35-3)15-22(17)32-12-8-5-9-13-32)29-25-27-16-18(26)24(30-25)28-19-10-6-7-11-21(19)31(2)36(4,33)34/h6-7,10-11,14-16H,5,8-9,12-13H2,1-4H3,(H2,27,28,29,30). The molecule has 0 bridgehead atoms. The molecule has 1 aliphatic rings. The van der Waals surface area contributed by atoms with E-state index in [1.54, 1.807) is 31.4 Å². The van der Waals surface area contributed by atoms with Gasteiger partial charge in [-0.05, 0) is 49.9 Å². The zero-order chi connectivity index (χ0) is 25.9. The lowest BCUT2D eigenvalue weighted by atomic mass is 10.1. The predicted molar refractivity (Wildman–Crippen MR) is 147 cm³/mol. The average Bonchev–Trinajstić information content (AvgIpc) is 2.86. The van der Waals surface area contributed by atoms with Crippen LogP contribution < -0.4 is 24.6 Å². The highest BCUT2D eigenvalue weighted by Crippen LogP contribution is 2.36. The van der Waals surface area contributed by atoms with Crippen molar-refractivity contribution in [3.05, 3.63) is 53.2 Å². The van der Waals surface area contributed by atoms with Crippen LogP contribution in [0.2, 0.25) is 5.02 Å². The Morgan fingerprint density at radius 1 is 1.08 bits per heavy atom. The maximum absolute atomic E-state index is 12.1. The number of aromatic nitrogens is 2. The van der Waals surface area contributed by atoms with E-state index in [0.29, 0.717) is 33.9 Å². The summed E-state index contributed by atoms with van der Waals surface area (Å²) in [6, 6.07) is 11.1. The minimum atomic E-state index is -3.46. The van der Waals surface area contributed by atoms with Crippen molar-refractivity contribution in [1.29, 1.82) is 0 Å². The smallest absolute Gasteiger partial charge is 0.232 e. The summed E-state index contributed by atoms with van der Waals surface area (Å²) in [6.45, 7) is 4.17. The molecule has 2 N–H and O–H groups in total. The fraction of sp³-hybridized carbons (Fsp3) is 0.360. The van der Waals surface area contributed by atoms with Crippen molar-refractivity contribution in [2.24, 2.45) is 0 Å². The number of para-hydroxylation sites is 2. The number of piperidine rings is 1. The number of ether oxygens (including phenoxy) is 1. The van der Waals surface area contributed by atoms with Crippen LogP contribution in [-0.4, -0.2) is 51.9 Å². The highest BCUT2D eigenvalue weighted by Gasteiger charge is 2.19. The Labute approximate surface area is 217 Å². The molecule has 1 aliphatic heterocycles. The van der Waals surface area contributed by atoms with Gasteiger partial charge in [0.1, 0.15) is 10.8 Å². The van der Waals surface area contributed by atoms with Gasteiger partial charge in [-0.3, -0.25) is 4.31 Å². The minimum absolute atomic E-state index is 0.293. The molecule has 4 rings (SSSR count). The van der Waals surface area contributed by atoms with Crippen molar-refractivity contribution < 1.29 is 13.2 Å². The van der Waals surface area contributed by atoms with E-state index in [9.17, 15) is 8.42 Å². The first-order valence-corrected chi connectivity index (χ1v) is 13.9. The van der Waals surface area contributed by atoms with Crippen LogP contribution in [0, 0.1) is 6.92 Å². The first kappa shape index (κ1) is 25.8. The number of anilines is 6. The van der Waals surface area contributed by atoms with E-state index in [1.807, 2.05) is 6.07 Å². The Morgan fingerprint density at radius 2 is 1.81 bits per heavy atom. The van der Waals surface area contributed by atoms with Crippen molar-refractivity contribution in [2.75, 3.05) is 53.3 Å². The molecule has 1 fully saturated rings. The number of benzene rings is 2.